The van der Waals surface area contributed by atoms with Gasteiger partial charge in [0, 0.05) is 11.4 Å². The third-order valence-electron chi connectivity index (χ3n) is 4.72. The smallest absolute Gasteiger partial charge is 0.262 e. The molecule has 0 fully saturated rings. The lowest BCUT2D eigenvalue weighted by atomic mass is 9.89. The normalized spacial score (nSPS) is 17.6. The van der Waals surface area contributed by atoms with E-state index in [0.717, 1.165) is 29.7 Å². The summed E-state index contributed by atoms with van der Waals surface area (Å²) in [7, 11) is 0. The molecule has 2 aromatic rings. The van der Waals surface area contributed by atoms with Crippen LogP contribution in [0.4, 0.5) is 0 Å². The molecule has 2 N–H and O–H groups in total. The number of aromatic nitrogens is 2. The van der Waals surface area contributed by atoms with Crippen LogP contribution in [0.5, 0.6) is 0 Å². The van der Waals surface area contributed by atoms with E-state index < -0.39 is 6.04 Å². The molecular formula is C18H24N4O3S. The van der Waals surface area contributed by atoms with Crippen molar-refractivity contribution in [3.8, 4) is 0 Å². The number of amides is 2. The van der Waals surface area contributed by atoms with E-state index in [-0.39, 0.29) is 23.9 Å². The number of aryl methyl sites for hydroxylation is 1. The van der Waals surface area contributed by atoms with Crippen molar-refractivity contribution in [2.45, 2.75) is 52.6 Å². The van der Waals surface area contributed by atoms with Crippen LogP contribution in [0.15, 0.2) is 11.1 Å². The van der Waals surface area contributed by atoms with Gasteiger partial charge in [0.2, 0.25) is 11.8 Å². The Morgan fingerprint density at radius 1 is 1.46 bits per heavy atom. The fourth-order valence-corrected chi connectivity index (χ4v) is 4.65. The topological polar surface area (TPSA) is 93.1 Å². The maximum Gasteiger partial charge on any atom is 0.262 e. The minimum absolute atomic E-state index is 0.146. The molecule has 0 bridgehead atoms. The second-order valence-corrected chi connectivity index (χ2v) is 7.98. The average molecular weight is 376 g/mol. The Balaban J connectivity index is 1.81. The Kier molecular flexibility index (Phi) is 5.41. The molecule has 2 aromatic heterocycles. The predicted octanol–water partition coefficient (Wildman–Crippen LogP) is 1.22. The van der Waals surface area contributed by atoms with E-state index in [2.05, 4.69) is 22.5 Å². The molecule has 0 unspecified atom stereocenters. The summed E-state index contributed by atoms with van der Waals surface area (Å²) in [5, 5.41) is 5.92. The summed E-state index contributed by atoms with van der Waals surface area (Å²) >= 11 is 1.59. The van der Waals surface area contributed by atoms with Crippen molar-refractivity contribution in [3.05, 3.63) is 27.1 Å². The molecule has 0 aromatic carbocycles. The van der Waals surface area contributed by atoms with E-state index in [1.54, 1.807) is 18.3 Å². The Hall–Kier alpha value is -2.22. The number of nitrogens with zero attached hydrogens (tertiary/aromatic N) is 2. The van der Waals surface area contributed by atoms with E-state index in [9.17, 15) is 14.4 Å². The summed E-state index contributed by atoms with van der Waals surface area (Å²) in [5.74, 6) is -0.00755. The van der Waals surface area contributed by atoms with Crippen molar-refractivity contribution >= 4 is 33.4 Å². The predicted molar refractivity (Wildman–Crippen MR) is 101 cm³/mol. The zero-order valence-electron chi connectivity index (χ0n) is 15.3. The summed E-state index contributed by atoms with van der Waals surface area (Å²) < 4.78 is 1.33. The molecule has 0 aliphatic heterocycles. The SMILES string of the molecule is CCNC(=O)[C@@H](C)NC(=O)Cn1cnc2sc3c(c2c1=O)CC[C@H](C)C3. The fourth-order valence-electron chi connectivity index (χ4n) is 3.31. The minimum atomic E-state index is -0.648. The Morgan fingerprint density at radius 2 is 2.23 bits per heavy atom. The molecule has 0 radical (unpaired) electrons. The average Bonchev–Trinajstić information content (AvgIpc) is 2.95. The van der Waals surface area contributed by atoms with Crippen molar-refractivity contribution in [2.75, 3.05) is 6.54 Å². The first-order valence-electron chi connectivity index (χ1n) is 8.97. The van der Waals surface area contributed by atoms with E-state index in [0.29, 0.717) is 17.8 Å². The molecule has 2 amide bonds. The number of hydrogen-bond acceptors (Lipinski definition) is 5. The maximum absolute atomic E-state index is 12.9. The zero-order chi connectivity index (χ0) is 18.8. The van der Waals surface area contributed by atoms with Gasteiger partial charge < -0.3 is 10.6 Å². The molecule has 2 atom stereocenters. The number of rotatable bonds is 5. The largest absolute Gasteiger partial charge is 0.355 e. The van der Waals surface area contributed by atoms with Crippen LogP contribution in [0.25, 0.3) is 10.2 Å². The third kappa shape index (κ3) is 3.65. The monoisotopic (exact) mass is 376 g/mol. The first-order valence-corrected chi connectivity index (χ1v) is 9.79. The van der Waals surface area contributed by atoms with Crippen molar-refractivity contribution in [1.29, 1.82) is 0 Å². The highest BCUT2D eigenvalue weighted by molar-refractivity contribution is 7.18. The number of thiophene rings is 1. The fraction of sp³-hybridized carbons (Fsp3) is 0.556. The molecule has 26 heavy (non-hydrogen) atoms. The number of nitrogens with one attached hydrogen (secondary N) is 2. The highest BCUT2D eigenvalue weighted by Crippen LogP contribution is 2.35. The number of likely N-dealkylation sites (N-methyl/N-ethyl adjacent to an activating group) is 1. The van der Waals surface area contributed by atoms with Crippen molar-refractivity contribution in [3.63, 3.8) is 0 Å². The minimum Gasteiger partial charge on any atom is -0.355 e. The zero-order valence-corrected chi connectivity index (χ0v) is 16.1. The molecule has 0 saturated heterocycles. The molecule has 7 nitrogen and oxygen atoms in total. The Bertz CT molecular complexity index is 902. The van der Waals surface area contributed by atoms with Crippen LogP contribution in [-0.2, 0) is 29.0 Å². The van der Waals surface area contributed by atoms with Crippen LogP contribution >= 0.6 is 11.3 Å². The summed E-state index contributed by atoms with van der Waals surface area (Å²) in [6.07, 6.45) is 4.36. The van der Waals surface area contributed by atoms with Crippen LogP contribution in [0, 0.1) is 5.92 Å². The van der Waals surface area contributed by atoms with E-state index in [1.807, 2.05) is 6.92 Å². The van der Waals surface area contributed by atoms with E-state index in [1.165, 1.54) is 15.8 Å². The van der Waals surface area contributed by atoms with E-state index >= 15 is 0 Å². The molecule has 0 saturated carbocycles. The molecule has 1 aliphatic rings. The van der Waals surface area contributed by atoms with Crippen molar-refractivity contribution in [1.82, 2.24) is 20.2 Å². The number of carbonyl (C=O) groups excluding carboxylic acids is 2. The maximum atomic E-state index is 12.9. The summed E-state index contributed by atoms with van der Waals surface area (Å²) in [6, 6.07) is -0.648. The number of hydrogen-bond donors (Lipinski definition) is 2. The molecule has 3 rings (SSSR count). The van der Waals surface area contributed by atoms with Gasteiger partial charge in [0.05, 0.1) is 11.7 Å². The van der Waals surface area contributed by atoms with Gasteiger partial charge in [-0.1, -0.05) is 6.92 Å². The van der Waals surface area contributed by atoms with Gasteiger partial charge in [-0.2, -0.15) is 0 Å². The summed E-state index contributed by atoms with van der Waals surface area (Å²) in [6.45, 7) is 6.01. The summed E-state index contributed by atoms with van der Waals surface area (Å²) in [4.78, 5) is 43.2. The quantitative estimate of drug-likeness (QED) is 0.821. The first-order chi connectivity index (χ1) is 12.4. The summed E-state index contributed by atoms with van der Waals surface area (Å²) in [5.41, 5.74) is 0.925. The van der Waals surface area contributed by atoms with Gasteiger partial charge in [0.15, 0.2) is 0 Å². The van der Waals surface area contributed by atoms with Gasteiger partial charge in [-0.15, -0.1) is 11.3 Å². The molecule has 1 aliphatic carbocycles. The van der Waals surface area contributed by atoms with Crippen molar-refractivity contribution in [2.24, 2.45) is 5.92 Å². The second kappa shape index (κ2) is 7.57. The Morgan fingerprint density at radius 3 is 2.96 bits per heavy atom. The van der Waals surface area contributed by atoms with Crippen LogP contribution in [-0.4, -0.2) is 34.0 Å². The first kappa shape index (κ1) is 18.6. The van der Waals surface area contributed by atoms with Gasteiger partial charge in [0.25, 0.3) is 5.56 Å². The molecule has 0 spiro atoms. The third-order valence-corrected chi connectivity index (χ3v) is 5.88. The van der Waals surface area contributed by atoms with Gasteiger partial charge in [0.1, 0.15) is 17.4 Å². The lowest BCUT2D eigenvalue weighted by molar-refractivity contribution is -0.128. The molecular weight excluding hydrogens is 352 g/mol. The lowest BCUT2D eigenvalue weighted by Gasteiger charge is -2.17. The lowest BCUT2D eigenvalue weighted by Crippen LogP contribution is -2.46. The van der Waals surface area contributed by atoms with Gasteiger partial charge in [-0.05, 0) is 44.6 Å². The standard InChI is InChI=1S/C18H24N4O3S/c1-4-19-16(24)11(3)21-14(23)8-22-9-20-17-15(18(22)25)12-6-5-10(2)7-13(12)26-17/h9-11H,4-8H2,1-3H3,(H,19,24)(H,21,23)/t10-,11+/m0/s1. The van der Waals surface area contributed by atoms with Crippen LogP contribution in [0.2, 0.25) is 0 Å². The van der Waals surface area contributed by atoms with Crippen molar-refractivity contribution < 1.29 is 9.59 Å². The number of fused-ring (bicyclic) bond motifs is 3. The van der Waals surface area contributed by atoms with Crippen LogP contribution in [0.1, 0.15) is 37.6 Å². The number of carbonyl (C=O) groups is 2. The van der Waals surface area contributed by atoms with Gasteiger partial charge in [-0.3, -0.25) is 19.0 Å². The second-order valence-electron chi connectivity index (χ2n) is 6.89. The highest BCUT2D eigenvalue weighted by Gasteiger charge is 2.23. The van der Waals surface area contributed by atoms with E-state index in [4.69, 9.17) is 0 Å². The molecule has 8 heteroatoms. The Labute approximate surface area is 155 Å². The van der Waals surface area contributed by atoms with Gasteiger partial charge >= 0.3 is 0 Å². The highest BCUT2D eigenvalue weighted by atomic mass is 32.1. The molecule has 2 heterocycles. The molecule has 140 valence electrons. The van der Waals surface area contributed by atoms with Crippen LogP contribution in [0.3, 0.4) is 0 Å². The van der Waals surface area contributed by atoms with Crippen LogP contribution < -0.4 is 16.2 Å². The van der Waals surface area contributed by atoms with Gasteiger partial charge in [-0.25, -0.2) is 4.98 Å².